The van der Waals surface area contributed by atoms with Crippen molar-refractivity contribution in [1.29, 1.82) is 0 Å². The van der Waals surface area contributed by atoms with E-state index in [0.717, 1.165) is 31.9 Å². The normalized spacial score (nSPS) is 19.2. The summed E-state index contributed by atoms with van der Waals surface area (Å²) in [6.07, 6.45) is 3.76. The minimum absolute atomic E-state index is 0. The lowest BCUT2D eigenvalue weighted by Crippen LogP contribution is -2.47. The number of amides is 1. The SMILES string of the molecule is CN(C)C(=O)CN=C(NCC1CCCCO1)N1CCc2c(F)cc(F)cc2C1.I. The average Bonchev–Trinajstić information content (AvgIpc) is 2.68. The summed E-state index contributed by atoms with van der Waals surface area (Å²) in [5, 5.41) is 3.31. The summed E-state index contributed by atoms with van der Waals surface area (Å²) < 4.78 is 33.4. The molecule has 1 unspecified atom stereocenters. The lowest BCUT2D eigenvalue weighted by molar-refractivity contribution is -0.127. The van der Waals surface area contributed by atoms with E-state index in [1.165, 1.54) is 11.0 Å². The largest absolute Gasteiger partial charge is 0.376 e. The molecule has 0 spiro atoms. The van der Waals surface area contributed by atoms with E-state index in [2.05, 4.69) is 10.3 Å². The van der Waals surface area contributed by atoms with E-state index in [-0.39, 0.29) is 42.5 Å². The van der Waals surface area contributed by atoms with Gasteiger partial charge in [-0.25, -0.2) is 13.8 Å². The Morgan fingerprint density at radius 1 is 1.34 bits per heavy atom. The van der Waals surface area contributed by atoms with Gasteiger partial charge in [-0.3, -0.25) is 4.79 Å². The van der Waals surface area contributed by atoms with Gasteiger partial charge in [0.05, 0.1) is 6.10 Å². The van der Waals surface area contributed by atoms with Gasteiger partial charge in [0.25, 0.3) is 0 Å². The lowest BCUT2D eigenvalue weighted by atomic mass is 9.99. The molecule has 9 heteroatoms. The quantitative estimate of drug-likeness (QED) is 0.376. The number of hydrogen-bond donors (Lipinski definition) is 1. The average molecular weight is 522 g/mol. The van der Waals surface area contributed by atoms with Gasteiger partial charge >= 0.3 is 0 Å². The number of benzene rings is 1. The Hall–Kier alpha value is -1.49. The Labute approximate surface area is 187 Å². The molecular formula is C20H29F2IN4O2. The van der Waals surface area contributed by atoms with Crippen LogP contribution < -0.4 is 5.32 Å². The molecule has 3 rings (SSSR count). The molecular weight excluding hydrogens is 493 g/mol. The Morgan fingerprint density at radius 2 is 2.14 bits per heavy atom. The smallest absolute Gasteiger partial charge is 0.243 e. The van der Waals surface area contributed by atoms with Crippen molar-refractivity contribution in [1.82, 2.24) is 15.1 Å². The Balaban J connectivity index is 0.00000300. The van der Waals surface area contributed by atoms with Gasteiger partial charge in [0.15, 0.2) is 5.96 Å². The van der Waals surface area contributed by atoms with E-state index in [1.54, 1.807) is 14.1 Å². The second-order valence-electron chi connectivity index (χ2n) is 7.49. The molecule has 1 atom stereocenters. The number of nitrogens with zero attached hydrogens (tertiary/aromatic N) is 3. The molecule has 1 aromatic carbocycles. The van der Waals surface area contributed by atoms with Gasteiger partial charge in [-0.1, -0.05) is 0 Å². The van der Waals surface area contributed by atoms with Crippen molar-refractivity contribution < 1.29 is 18.3 Å². The van der Waals surface area contributed by atoms with E-state index < -0.39 is 11.6 Å². The van der Waals surface area contributed by atoms with E-state index >= 15 is 0 Å². The number of carbonyl (C=O) groups excluding carboxylic acids is 1. The number of halogens is 3. The Bertz CT molecular complexity index is 739. The van der Waals surface area contributed by atoms with Crippen molar-refractivity contribution in [3.05, 3.63) is 34.9 Å². The zero-order chi connectivity index (χ0) is 20.1. The van der Waals surface area contributed by atoms with Crippen LogP contribution in [-0.2, 0) is 22.5 Å². The zero-order valence-electron chi connectivity index (χ0n) is 16.9. The highest BCUT2D eigenvalue weighted by Gasteiger charge is 2.24. The van der Waals surface area contributed by atoms with Crippen LogP contribution in [0.25, 0.3) is 0 Å². The molecule has 1 aromatic rings. The fourth-order valence-corrected chi connectivity index (χ4v) is 3.52. The van der Waals surface area contributed by atoms with Crippen LogP contribution in [-0.4, -0.2) is 68.1 Å². The van der Waals surface area contributed by atoms with E-state index in [9.17, 15) is 13.6 Å². The number of rotatable bonds is 4. The van der Waals surface area contributed by atoms with Gasteiger partial charge in [0, 0.05) is 46.4 Å². The van der Waals surface area contributed by atoms with Crippen LogP contribution in [0.2, 0.25) is 0 Å². The van der Waals surface area contributed by atoms with E-state index in [4.69, 9.17) is 4.74 Å². The fourth-order valence-electron chi connectivity index (χ4n) is 3.52. The van der Waals surface area contributed by atoms with E-state index in [1.807, 2.05) is 4.90 Å². The summed E-state index contributed by atoms with van der Waals surface area (Å²) in [6, 6.07) is 2.30. The first-order valence-electron chi connectivity index (χ1n) is 9.76. The Kier molecular flexibility index (Phi) is 9.06. The maximum atomic E-state index is 14.0. The molecule has 6 nitrogen and oxygen atoms in total. The molecule has 0 aliphatic carbocycles. The topological polar surface area (TPSA) is 57.2 Å². The molecule has 29 heavy (non-hydrogen) atoms. The van der Waals surface area contributed by atoms with Crippen molar-refractivity contribution >= 4 is 35.8 Å². The molecule has 1 fully saturated rings. The summed E-state index contributed by atoms with van der Waals surface area (Å²) in [5.74, 6) is -0.621. The molecule has 1 amide bonds. The van der Waals surface area contributed by atoms with Gasteiger partial charge in [0.1, 0.15) is 18.2 Å². The van der Waals surface area contributed by atoms with Gasteiger partial charge in [-0.15, -0.1) is 24.0 Å². The van der Waals surface area contributed by atoms with Crippen LogP contribution in [0.4, 0.5) is 8.78 Å². The van der Waals surface area contributed by atoms with Gasteiger partial charge in [-0.2, -0.15) is 0 Å². The number of carbonyl (C=O) groups is 1. The van der Waals surface area contributed by atoms with Gasteiger partial charge in [-0.05, 0) is 42.9 Å². The maximum Gasteiger partial charge on any atom is 0.243 e. The van der Waals surface area contributed by atoms with Crippen LogP contribution in [0.1, 0.15) is 30.4 Å². The maximum absolute atomic E-state index is 14.0. The lowest BCUT2D eigenvalue weighted by Gasteiger charge is -2.33. The molecule has 1 N–H and O–H groups in total. The van der Waals surface area contributed by atoms with Crippen LogP contribution in [0, 0.1) is 11.6 Å². The Morgan fingerprint density at radius 3 is 2.83 bits per heavy atom. The molecule has 0 radical (unpaired) electrons. The van der Waals surface area contributed by atoms with Crippen molar-refractivity contribution in [3.8, 4) is 0 Å². The zero-order valence-corrected chi connectivity index (χ0v) is 19.2. The number of guanidine groups is 1. The highest BCUT2D eigenvalue weighted by Crippen LogP contribution is 2.23. The number of likely N-dealkylation sites (N-methyl/N-ethyl adjacent to an activating group) is 1. The number of hydrogen-bond acceptors (Lipinski definition) is 3. The highest BCUT2D eigenvalue weighted by molar-refractivity contribution is 14.0. The molecule has 0 saturated carbocycles. The third-order valence-corrected chi connectivity index (χ3v) is 5.17. The minimum Gasteiger partial charge on any atom is -0.376 e. The number of nitrogens with one attached hydrogen (secondary N) is 1. The summed E-state index contributed by atoms with van der Waals surface area (Å²) in [5.41, 5.74) is 1.17. The number of aliphatic imine (C=N–C) groups is 1. The monoisotopic (exact) mass is 522 g/mol. The standard InChI is InChI=1S/C20H28F2N4O2.HI/c1-25(2)19(27)12-24-20(23-11-16-5-3-4-8-28-16)26-7-6-17-14(13-26)9-15(21)10-18(17)22;/h9-10,16H,3-8,11-13H2,1-2H3,(H,23,24);1H. The molecule has 2 aliphatic rings. The summed E-state index contributed by atoms with van der Waals surface area (Å²) >= 11 is 0. The highest BCUT2D eigenvalue weighted by atomic mass is 127. The summed E-state index contributed by atoms with van der Waals surface area (Å²) in [4.78, 5) is 19.9. The van der Waals surface area contributed by atoms with Crippen molar-refractivity contribution in [2.45, 2.75) is 38.3 Å². The molecule has 162 valence electrons. The number of ether oxygens (including phenoxy) is 1. The first-order chi connectivity index (χ1) is 13.4. The third-order valence-electron chi connectivity index (χ3n) is 5.17. The third kappa shape index (κ3) is 6.50. The van der Waals surface area contributed by atoms with Crippen molar-refractivity contribution in [2.75, 3.05) is 40.3 Å². The van der Waals surface area contributed by atoms with Gasteiger partial charge < -0.3 is 19.9 Å². The molecule has 2 aliphatic heterocycles. The molecule has 0 bridgehead atoms. The van der Waals surface area contributed by atoms with Crippen LogP contribution >= 0.6 is 24.0 Å². The number of fused-ring (bicyclic) bond motifs is 1. The first-order valence-corrected chi connectivity index (χ1v) is 9.76. The second-order valence-corrected chi connectivity index (χ2v) is 7.49. The summed E-state index contributed by atoms with van der Waals surface area (Å²) in [7, 11) is 3.37. The fraction of sp³-hybridized carbons (Fsp3) is 0.600. The van der Waals surface area contributed by atoms with Crippen LogP contribution in [0.3, 0.4) is 0 Å². The predicted octanol–water partition coefficient (Wildman–Crippen LogP) is 2.54. The van der Waals surface area contributed by atoms with Crippen molar-refractivity contribution in [3.63, 3.8) is 0 Å². The van der Waals surface area contributed by atoms with Crippen LogP contribution in [0.15, 0.2) is 17.1 Å². The predicted molar refractivity (Wildman–Crippen MR) is 118 cm³/mol. The molecule has 2 heterocycles. The molecule has 1 saturated heterocycles. The van der Waals surface area contributed by atoms with Crippen molar-refractivity contribution in [2.24, 2.45) is 4.99 Å². The van der Waals surface area contributed by atoms with Crippen LogP contribution in [0.5, 0.6) is 0 Å². The summed E-state index contributed by atoms with van der Waals surface area (Å²) in [6.45, 7) is 2.26. The van der Waals surface area contributed by atoms with E-state index in [0.29, 0.717) is 43.1 Å². The second kappa shape index (κ2) is 11.1. The molecule has 0 aromatic heterocycles. The van der Waals surface area contributed by atoms with Gasteiger partial charge in [0.2, 0.25) is 5.91 Å². The minimum atomic E-state index is -0.581. The first kappa shape index (κ1) is 23.8.